The van der Waals surface area contributed by atoms with Gasteiger partial charge in [0.1, 0.15) is 0 Å². The first-order chi connectivity index (χ1) is 10.2. The summed E-state index contributed by atoms with van der Waals surface area (Å²) in [5.74, 6) is 0. The van der Waals surface area contributed by atoms with Crippen molar-refractivity contribution in [3.63, 3.8) is 0 Å². The molecule has 0 radical (unpaired) electrons. The SMILES string of the molecule is CCCCCCCCCCCCCCOC(C)OC(C)C. The van der Waals surface area contributed by atoms with Crippen LogP contribution in [0.15, 0.2) is 0 Å². The van der Waals surface area contributed by atoms with Crippen molar-refractivity contribution in [3.8, 4) is 0 Å². The molecule has 0 saturated carbocycles. The van der Waals surface area contributed by atoms with E-state index < -0.39 is 0 Å². The summed E-state index contributed by atoms with van der Waals surface area (Å²) < 4.78 is 11.2. The molecule has 0 N–H and O–H groups in total. The predicted octanol–water partition coefficient (Wildman–Crippen LogP) is 6.48. The lowest BCUT2D eigenvalue weighted by atomic mass is 10.1. The topological polar surface area (TPSA) is 18.5 Å². The number of rotatable bonds is 16. The van der Waals surface area contributed by atoms with Crippen molar-refractivity contribution in [2.45, 2.75) is 117 Å². The van der Waals surface area contributed by atoms with Crippen LogP contribution in [0.25, 0.3) is 0 Å². The van der Waals surface area contributed by atoms with Gasteiger partial charge in [0.25, 0.3) is 0 Å². The molecule has 0 fully saturated rings. The molecule has 1 unspecified atom stereocenters. The third-order valence-corrected chi connectivity index (χ3v) is 3.81. The highest BCUT2D eigenvalue weighted by molar-refractivity contribution is 4.48. The van der Waals surface area contributed by atoms with Crippen LogP contribution in [-0.4, -0.2) is 19.0 Å². The van der Waals surface area contributed by atoms with E-state index in [-0.39, 0.29) is 12.4 Å². The van der Waals surface area contributed by atoms with Gasteiger partial charge in [0, 0.05) is 6.61 Å². The molecule has 0 spiro atoms. The maximum atomic E-state index is 5.62. The summed E-state index contributed by atoms with van der Waals surface area (Å²) in [6.07, 6.45) is 16.8. The fourth-order valence-corrected chi connectivity index (χ4v) is 2.61. The monoisotopic (exact) mass is 300 g/mol. The molecule has 0 rings (SSSR count). The Kier molecular flexibility index (Phi) is 16.2. The number of hydrogen-bond acceptors (Lipinski definition) is 2. The molecule has 0 bridgehead atoms. The van der Waals surface area contributed by atoms with E-state index in [9.17, 15) is 0 Å². The van der Waals surface area contributed by atoms with Crippen LogP contribution in [0, 0.1) is 0 Å². The number of ether oxygens (including phenoxy) is 2. The van der Waals surface area contributed by atoms with Gasteiger partial charge in [-0.25, -0.2) is 0 Å². The van der Waals surface area contributed by atoms with E-state index in [2.05, 4.69) is 6.92 Å². The Hall–Kier alpha value is -0.0800. The Morgan fingerprint density at radius 3 is 1.48 bits per heavy atom. The van der Waals surface area contributed by atoms with Crippen molar-refractivity contribution in [3.05, 3.63) is 0 Å². The summed E-state index contributed by atoms with van der Waals surface area (Å²) in [5, 5.41) is 0. The smallest absolute Gasteiger partial charge is 0.155 e. The van der Waals surface area contributed by atoms with E-state index in [0.717, 1.165) is 6.61 Å². The first kappa shape index (κ1) is 20.9. The molecule has 21 heavy (non-hydrogen) atoms. The molecule has 0 aliphatic carbocycles. The van der Waals surface area contributed by atoms with Crippen LogP contribution < -0.4 is 0 Å². The highest BCUT2D eigenvalue weighted by Gasteiger charge is 2.03. The quantitative estimate of drug-likeness (QED) is 0.240. The Labute approximate surface area is 134 Å². The number of unbranched alkanes of at least 4 members (excludes halogenated alkanes) is 11. The second-order valence-corrected chi connectivity index (χ2v) is 6.51. The third-order valence-electron chi connectivity index (χ3n) is 3.81. The van der Waals surface area contributed by atoms with Crippen LogP contribution in [0.3, 0.4) is 0 Å². The van der Waals surface area contributed by atoms with E-state index in [1.807, 2.05) is 20.8 Å². The molecule has 0 aromatic rings. The van der Waals surface area contributed by atoms with Crippen molar-refractivity contribution in [2.24, 2.45) is 0 Å². The highest BCUT2D eigenvalue weighted by atomic mass is 16.7. The molecule has 0 aromatic carbocycles. The average molecular weight is 301 g/mol. The van der Waals surface area contributed by atoms with Crippen molar-refractivity contribution >= 4 is 0 Å². The van der Waals surface area contributed by atoms with Crippen LogP contribution in [0.5, 0.6) is 0 Å². The summed E-state index contributed by atoms with van der Waals surface area (Å²) in [4.78, 5) is 0. The minimum Gasteiger partial charge on any atom is -0.353 e. The minimum absolute atomic E-state index is 0.0577. The molecule has 0 heterocycles. The fraction of sp³-hybridized carbons (Fsp3) is 1.00. The summed E-state index contributed by atoms with van der Waals surface area (Å²) in [6, 6.07) is 0. The van der Waals surface area contributed by atoms with Gasteiger partial charge in [-0.15, -0.1) is 0 Å². The van der Waals surface area contributed by atoms with Crippen molar-refractivity contribution in [1.29, 1.82) is 0 Å². The molecule has 1 atom stereocenters. The highest BCUT2D eigenvalue weighted by Crippen LogP contribution is 2.12. The van der Waals surface area contributed by atoms with E-state index in [0.29, 0.717) is 0 Å². The van der Waals surface area contributed by atoms with Crippen molar-refractivity contribution < 1.29 is 9.47 Å². The Balaban J connectivity index is 3.05. The van der Waals surface area contributed by atoms with Crippen LogP contribution >= 0.6 is 0 Å². The standard InChI is InChI=1S/C19H40O2/c1-5-6-7-8-9-10-11-12-13-14-15-16-17-20-19(4)21-18(2)3/h18-19H,5-17H2,1-4H3. The Morgan fingerprint density at radius 2 is 1.05 bits per heavy atom. The zero-order chi connectivity index (χ0) is 15.8. The van der Waals surface area contributed by atoms with Gasteiger partial charge in [0.05, 0.1) is 6.10 Å². The number of hydrogen-bond donors (Lipinski definition) is 0. The lowest BCUT2D eigenvalue weighted by Gasteiger charge is -2.16. The molecule has 128 valence electrons. The molecule has 0 aliphatic heterocycles. The molecular weight excluding hydrogens is 260 g/mol. The third kappa shape index (κ3) is 17.9. The van der Waals surface area contributed by atoms with E-state index >= 15 is 0 Å². The zero-order valence-electron chi connectivity index (χ0n) is 15.2. The first-order valence-electron chi connectivity index (χ1n) is 9.43. The molecule has 2 heteroatoms. The summed E-state index contributed by atoms with van der Waals surface area (Å²) >= 11 is 0. The van der Waals surface area contributed by atoms with Crippen molar-refractivity contribution in [1.82, 2.24) is 0 Å². The Morgan fingerprint density at radius 1 is 0.619 bits per heavy atom. The van der Waals surface area contributed by atoms with Crippen LogP contribution in [0.1, 0.15) is 105 Å². The molecule has 0 aliphatic rings. The average Bonchev–Trinajstić information content (AvgIpc) is 2.43. The van der Waals surface area contributed by atoms with E-state index in [1.54, 1.807) is 0 Å². The van der Waals surface area contributed by atoms with E-state index in [1.165, 1.54) is 77.0 Å². The molecule has 0 aromatic heterocycles. The molecule has 0 saturated heterocycles. The summed E-state index contributed by atoms with van der Waals surface area (Å²) in [6.45, 7) is 9.20. The van der Waals surface area contributed by atoms with Gasteiger partial charge in [-0.05, 0) is 27.2 Å². The van der Waals surface area contributed by atoms with Gasteiger partial charge >= 0.3 is 0 Å². The lowest BCUT2D eigenvalue weighted by molar-refractivity contribution is -0.151. The molecular formula is C19H40O2. The predicted molar refractivity (Wildman–Crippen MR) is 92.7 cm³/mol. The summed E-state index contributed by atoms with van der Waals surface area (Å²) in [7, 11) is 0. The molecule has 2 nitrogen and oxygen atoms in total. The fourth-order valence-electron chi connectivity index (χ4n) is 2.61. The molecule has 0 amide bonds. The lowest BCUT2D eigenvalue weighted by Crippen LogP contribution is -2.18. The normalized spacial score (nSPS) is 13.0. The van der Waals surface area contributed by atoms with E-state index in [4.69, 9.17) is 9.47 Å². The van der Waals surface area contributed by atoms with Gasteiger partial charge in [-0.3, -0.25) is 0 Å². The minimum atomic E-state index is -0.0577. The van der Waals surface area contributed by atoms with Crippen LogP contribution in [0.4, 0.5) is 0 Å². The maximum absolute atomic E-state index is 5.62. The largest absolute Gasteiger partial charge is 0.353 e. The second kappa shape index (κ2) is 16.3. The van der Waals surface area contributed by atoms with Crippen LogP contribution in [0.2, 0.25) is 0 Å². The van der Waals surface area contributed by atoms with Crippen LogP contribution in [-0.2, 0) is 9.47 Å². The van der Waals surface area contributed by atoms with Gasteiger partial charge in [0.2, 0.25) is 0 Å². The van der Waals surface area contributed by atoms with Gasteiger partial charge in [0.15, 0.2) is 6.29 Å². The maximum Gasteiger partial charge on any atom is 0.155 e. The van der Waals surface area contributed by atoms with Gasteiger partial charge in [-0.2, -0.15) is 0 Å². The second-order valence-electron chi connectivity index (χ2n) is 6.51. The van der Waals surface area contributed by atoms with Gasteiger partial charge < -0.3 is 9.47 Å². The Bertz CT molecular complexity index is 192. The van der Waals surface area contributed by atoms with Gasteiger partial charge in [-0.1, -0.05) is 77.6 Å². The summed E-state index contributed by atoms with van der Waals surface area (Å²) in [5.41, 5.74) is 0. The zero-order valence-corrected chi connectivity index (χ0v) is 15.2. The van der Waals surface area contributed by atoms with Crippen molar-refractivity contribution in [2.75, 3.05) is 6.61 Å². The first-order valence-corrected chi connectivity index (χ1v) is 9.43.